The van der Waals surface area contributed by atoms with Gasteiger partial charge in [-0.3, -0.25) is 19.4 Å². The minimum Gasteiger partial charge on any atom is -0.366 e. The number of carbonyl (C=O) groups is 3. The van der Waals surface area contributed by atoms with E-state index in [1.54, 1.807) is 0 Å². The standard InChI is InChI=1S/C20H19F3N4O3/c1-10-2-3-16(11-5-14(21)17(23)15(22)6-11)27(9-10)20(30)19(29)26-13-4-12(18(24)28)7-25-8-13/h4-8,10,16H,2-3,9H2,1H3,(H2,24,28)(H,26,29)/t10-,16?/m0/s1. The third-order valence-corrected chi connectivity index (χ3v) is 4.94. The predicted octanol–water partition coefficient (Wildman–Crippen LogP) is 2.54. The molecule has 0 saturated carbocycles. The first kappa shape index (κ1) is 21.3. The van der Waals surface area contributed by atoms with E-state index in [1.807, 2.05) is 6.92 Å². The van der Waals surface area contributed by atoms with Crippen LogP contribution in [0.15, 0.2) is 30.6 Å². The van der Waals surface area contributed by atoms with Gasteiger partial charge >= 0.3 is 11.8 Å². The molecule has 30 heavy (non-hydrogen) atoms. The van der Waals surface area contributed by atoms with Crippen molar-refractivity contribution in [1.82, 2.24) is 9.88 Å². The van der Waals surface area contributed by atoms with Crippen molar-refractivity contribution >= 4 is 23.4 Å². The van der Waals surface area contributed by atoms with Gasteiger partial charge in [0.2, 0.25) is 5.91 Å². The van der Waals surface area contributed by atoms with Gasteiger partial charge in [0.25, 0.3) is 0 Å². The van der Waals surface area contributed by atoms with Crippen LogP contribution in [0.2, 0.25) is 0 Å². The number of anilines is 1. The first-order valence-corrected chi connectivity index (χ1v) is 9.18. The summed E-state index contributed by atoms with van der Waals surface area (Å²) >= 11 is 0. The van der Waals surface area contributed by atoms with E-state index < -0.39 is 41.2 Å². The van der Waals surface area contributed by atoms with Crippen LogP contribution in [0.3, 0.4) is 0 Å². The van der Waals surface area contributed by atoms with E-state index in [0.717, 1.165) is 12.1 Å². The van der Waals surface area contributed by atoms with Crippen molar-refractivity contribution in [3.05, 3.63) is 59.2 Å². The van der Waals surface area contributed by atoms with Gasteiger partial charge in [0.05, 0.1) is 23.5 Å². The fraction of sp³-hybridized carbons (Fsp3) is 0.300. The van der Waals surface area contributed by atoms with Crippen LogP contribution in [0, 0.1) is 23.4 Å². The summed E-state index contributed by atoms with van der Waals surface area (Å²) in [5, 5.41) is 2.34. The molecule has 1 saturated heterocycles. The molecule has 0 bridgehead atoms. The van der Waals surface area contributed by atoms with Gasteiger partial charge in [-0.05, 0) is 42.5 Å². The number of amides is 3. The highest BCUT2D eigenvalue weighted by molar-refractivity contribution is 6.39. The Balaban J connectivity index is 1.85. The van der Waals surface area contributed by atoms with Crippen LogP contribution in [0.1, 0.15) is 41.7 Å². The Kier molecular flexibility index (Phi) is 6.04. The number of aromatic nitrogens is 1. The van der Waals surface area contributed by atoms with E-state index in [0.29, 0.717) is 12.8 Å². The number of likely N-dealkylation sites (tertiary alicyclic amines) is 1. The average molecular weight is 420 g/mol. The van der Waals surface area contributed by atoms with Gasteiger partial charge in [0, 0.05) is 12.7 Å². The normalized spacial score (nSPS) is 18.7. The zero-order valence-electron chi connectivity index (χ0n) is 16.0. The maximum absolute atomic E-state index is 13.7. The SMILES string of the molecule is C[C@H]1CCC(c2cc(F)c(F)c(F)c2)N(C(=O)C(=O)Nc2cncc(C(N)=O)c2)C1. The molecule has 1 aromatic carbocycles. The maximum Gasteiger partial charge on any atom is 0.313 e. The summed E-state index contributed by atoms with van der Waals surface area (Å²) in [4.78, 5) is 41.6. The molecular formula is C20H19F3N4O3. The minimum absolute atomic E-state index is 0.0435. The van der Waals surface area contributed by atoms with Gasteiger partial charge in [-0.1, -0.05) is 6.92 Å². The lowest BCUT2D eigenvalue weighted by Gasteiger charge is -2.38. The zero-order chi connectivity index (χ0) is 22.0. The molecule has 1 aliphatic heterocycles. The van der Waals surface area contributed by atoms with Crippen LogP contribution in [-0.4, -0.2) is 34.2 Å². The molecule has 3 N–H and O–H groups in total. The topological polar surface area (TPSA) is 105 Å². The van der Waals surface area contributed by atoms with Crippen LogP contribution in [0.25, 0.3) is 0 Å². The molecule has 2 aromatic rings. The quantitative estimate of drug-likeness (QED) is 0.588. The second-order valence-electron chi connectivity index (χ2n) is 7.24. The molecule has 0 radical (unpaired) electrons. The summed E-state index contributed by atoms with van der Waals surface area (Å²) in [7, 11) is 0. The number of piperidine rings is 1. The van der Waals surface area contributed by atoms with Gasteiger partial charge in [-0.15, -0.1) is 0 Å². The number of benzene rings is 1. The predicted molar refractivity (Wildman–Crippen MR) is 101 cm³/mol. The molecule has 1 fully saturated rings. The summed E-state index contributed by atoms with van der Waals surface area (Å²) in [6, 6.07) is 2.13. The van der Waals surface area contributed by atoms with Crippen molar-refractivity contribution in [2.75, 3.05) is 11.9 Å². The van der Waals surface area contributed by atoms with Gasteiger partial charge in [0.15, 0.2) is 17.5 Å². The Hall–Kier alpha value is -3.43. The average Bonchev–Trinajstić information content (AvgIpc) is 2.71. The second-order valence-corrected chi connectivity index (χ2v) is 7.24. The maximum atomic E-state index is 13.7. The summed E-state index contributed by atoms with van der Waals surface area (Å²) in [6.45, 7) is 2.05. The third kappa shape index (κ3) is 4.42. The molecule has 1 unspecified atom stereocenters. The zero-order valence-corrected chi connectivity index (χ0v) is 16.0. The van der Waals surface area contributed by atoms with Crippen LogP contribution >= 0.6 is 0 Å². The van der Waals surface area contributed by atoms with Crippen molar-refractivity contribution in [3.8, 4) is 0 Å². The lowest BCUT2D eigenvalue weighted by molar-refractivity contribution is -0.146. The molecule has 1 aliphatic rings. The number of primary amides is 1. The lowest BCUT2D eigenvalue weighted by Crippen LogP contribution is -2.46. The second kappa shape index (κ2) is 8.52. The summed E-state index contributed by atoms with van der Waals surface area (Å²) < 4.78 is 40.7. The van der Waals surface area contributed by atoms with Crippen molar-refractivity contribution < 1.29 is 27.6 Å². The number of hydrogen-bond donors (Lipinski definition) is 2. The Morgan fingerprint density at radius 2 is 1.77 bits per heavy atom. The first-order valence-electron chi connectivity index (χ1n) is 9.18. The minimum atomic E-state index is -1.60. The molecule has 10 heteroatoms. The molecule has 2 atom stereocenters. The van der Waals surface area contributed by atoms with Gasteiger partial charge in [-0.25, -0.2) is 13.2 Å². The molecule has 1 aromatic heterocycles. The molecule has 0 spiro atoms. The Labute approximate surface area is 170 Å². The van der Waals surface area contributed by atoms with Gasteiger partial charge in [-0.2, -0.15) is 0 Å². The van der Waals surface area contributed by atoms with Gasteiger partial charge < -0.3 is 16.0 Å². The van der Waals surface area contributed by atoms with Crippen LogP contribution < -0.4 is 11.1 Å². The Morgan fingerprint density at radius 3 is 2.40 bits per heavy atom. The molecule has 0 aliphatic carbocycles. The smallest absolute Gasteiger partial charge is 0.313 e. The Bertz CT molecular complexity index is 992. The molecule has 3 rings (SSSR count). The molecule has 158 valence electrons. The van der Waals surface area contributed by atoms with Crippen molar-refractivity contribution in [2.24, 2.45) is 11.7 Å². The summed E-state index contributed by atoms with van der Waals surface area (Å²) in [5.41, 5.74) is 5.37. The lowest BCUT2D eigenvalue weighted by atomic mass is 9.89. The number of carbonyl (C=O) groups excluding carboxylic acids is 3. The molecule has 7 nitrogen and oxygen atoms in total. The number of halogens is 3. The van der Waals surface area contributed by atoms with E-state index >= 15 is 0 Å². The number of rotatable bonds is 3. The number of nitrogens with one attached hydrogen (secondary N) is 1. The monoisotopic (exact) mass is 420 g/mol. The highest BCUT2D eigenvalue weighted by Crippen LogP contribution is 2.34. The van der Waals surface area contributed by atoms with Crippen molar-refractivity contribution in [2.45, 2.75) is 25.8 Å². The summed E-state index contributed by atoms with van der Waals surface area (Å²) in [5.74, 6) is -6.98. The fourth-order valence-corrected chi connectivity index (χ4v) is 3.45. The Morgan fingerprint density at radius 1 is 1.10 bits per heavy atom. The summed E-state index contributed by atoms with van der Waals surface area (Å²) in [6.07, 6.45) is 3.45. The largest absolute Gasteiger partial charge is 0.366 e. The van der Waals surface area contributed by atoms with E-state index in [9.17, 15) is 27.6 Å². The fourth-order valence-electron chi connectivity index (χ4n) is 3.45. The van der Waals surface area contributed by atoms with Gasteiger partial charge in [0.1, 0.15) is 0 Å². The van der Waals surface area contributed by atoms with E-state index in [-0.39, 0.29) is 29.3 Å². The van der Waals surface area contributed by atoms with Crippen molar-refractivity contribution in [1.29, 1.82) is 0 Å². The molecule has 3 amide bonds. The van der Waals surface area contributed by atoms with E-state index in [4.69, 9.17) is 5.73 Å². The highest BCUT2D eigenvalue weighted by Gasteiger charge is 2.35. The third-order valence-electron chi connectivity index (χ3n) is 4.94. The number of pyridine rings is 1. The number of hydrogen-bond acceptors (Lipinski definition) is 4. The first-order chi connectivity index (χ1) is 14.2. The molecule has 2 heterocycles. The highest BCUT2D eigenvalue weighted by atomic mass is 19.2. The number of nitrogens with zero attached hydrogens (tertiary/aromatic N) is 2. The van der Waals surface area contributed by atoms with E-state index in [1.165, 1.54) is 23.4 Å². The number of nitrogens with two attached hydrogens (primary N) is 1. The van der Waals surface area contributed by atoms with Crippen molar-refractivity contribution in [3.63, 3.8) is 0 Å². The van der Waals surface area contributed by atoms with Crippen LogP contribution in [-0.2, 0) is 9.59 Å². The van der Waals surface area contributed by atoms with E-state index in [2.05, 4.69) is 10.3 Å². The van der Waals surface area contributed by atoms with Crippen LogP contribution in [0.4, 0.5) is 18.9 Å². The molecular weight excluding hydrogens is 401 g/mol. The van der Waals surface area contributed by atoms with Crippen LogP contribution in [0.5, 0.6) is 0 Å².